The van der Waals surface area contributed by atoms with Gasteiger partial charge in [-0.3, -0.25) is 0 Å². The summed E-state index contributed by atoms with van der Waals surface area (Å²) in [5.74, 6) is 1.60. The lowest BCUT2D eigenvalue weighted by Gasteiger charge is -2.45. The molecule has 0 spiro atoms. The molecule has 1 saturated carbocycles. The first-order valence-corrected chi connectivity index (χ1v) is 7.71. The number of nitrogens with zero attached hydrogens (tertiary/aromatic N) is 3. The second-order valence-corrected chi connectivity index (χ2v) is 6.68. The summed E-state index contributed by atoms with van der Waals surface area (Å²) in [7, 11) is 4.36. The highest BCUT2D eigenvalue weighted by Gasteiger charge is 2.36. The molecule has 1 aliphatic carbocycles. The second kappa shape index (κ2) is 6.27. The van der Waals surface area contributed by atoms with E-state index in [9.17, 15) is 0 Å². The summed E-state index contributed by atoms with van der Waals surface area (Å²) >= 11 is 5.92. The number of hydrogen-bond acceptors (Lipinski definition) is 4. The van der Waals surface area contributed by atoms with E-state index in [-0.39, 0.29) is 5.54 Å². The Hall–Kier alpha value is -0.870. The first-order valence-electron chi connectivity index (χ1n) is 7.34. The van der Waals surface area contributed by atoms with Gasteiger partial charge in [0.25, 0.3) is 0 Å². The molecule has 0 bridgehead atoms. The highest BCUT2D eigenvalue weighted by Crippen LogP contribution is 2.35. The van der Waals surface area contributed by atoms with Gasteiger partial charge in [-0.25, -0.2) is 9.97 Å². The molecule has 2 rings (SSSR count). The van der Waals surface area contributed by atoms with Crippen molar-refractivity contribution in [3.05, 3.63) is 17.0 Å². The summed E-state index contributed by atoms with van der Waals surface area (Å²) in [6, 6.07) is 1.95. The Morgan fingerprint density at radius 3 is 2.80 bits per heavy atom. The average molecular weight is 297 g/mol. The van der Waals surface area contributed by atoms with Gasteiger partial charge in [0, 0.05) is 23.8 Å². The van der Waals surface area contributed by atoms with E-state index in [1.54, 1.807) is 0 Å². The van der Waals surface area contributed by atoms with Crippen molar-refractivity contribution in [1.29, 1.82) is 0 Å². The molecule has 4 nitrogen and oxygen atoms in total. The average Bonchev–Trinajstić information content (AvgIpc) is 2.35. The van der Waals surface area contributed by atoms with Gasteiger partial charge >= 0.3 is 0 Å². The van der Waals surface area contributed by atoms with Crippen molar-refractivity contribution in [1.82, 2.24) is 14.9 Å². The van der Waals surface area contributed by atoms with Crippen LogP contribution in [0.4, 0.5) is 5.82 Å². The third-order valence-corrected chi connectivity index (χ3v) is 4.61. The molecule has 0 radical (unpaired) electrons. The van der Waals surface area contributed by atoms with Crippen LogP contribution < -0.4 is 5.32 Å². The molecule has 1 aromatic heterocycles. The molecule has 0 aliphatic heterocycles. The van der Waals surface area contributed by atoms with E-state index in [4.69, 9.17) is 11.6 Å². The minimum atomic E-state index is 0.211. The molecular formula is C15H25ClN4. The molecule has 0 amide bonds. The third kappa shape index (κ3) is 3.61. The summed E-state index contributed by atoms with van der Waals surface area (Å²) in [4.78, 5) is 10.7. The van der Waals surface area contributed by atoms with Crippen LogP contribution in [0.15, 0.2) is 6.07 Å². The SMILES string of the molecule is Cc1cc(NCC2(N(C)C)CCCC(C)C2)nc(Cl)n1. The number of likely N-dealkylation sites (N-methyl/N-ethyl adjacent to an activating group) is 1. The molecule has 1 fully saturated rings. The van der Waals surface area contributed by atoms with E-state index < -0.39 is 0 Å². The summed E-state index contributed by atoms with van der Waals surface area (Å²) in [6.45, 7) is 5.18. The lowest BCUT2D eigenvalue weighted by atomic mass is 9.75. The molecule has 112 valence electrons. The normalized spacial score (nSPS) is 26.8. The summed E-state index contributed by atoms with van der Waals surface area (Å²) < 4.78 is 0. The van der Waals surface area contributed by atoms with Crippen molar-refractivity contribution in [2.45, 2.75) is 45.1 Å². The Morgan fingerprint density at radius 1 is 1.45 bits per heavy atom. The molecule has 1 aromatic rings. The minimum absolute atomic E-state index is 0.211. The molecule has 5 heteroatoms. The van der Waals surface area contributed by atoms with Gasteiger partial charge in [-0.05, 0) is 51.4 Å². The van der Waals surface area contributed by atoms with Crippen LogP contribution in [0.1, 0.15) is 38.3 Å². The first-order chi connectivity index (χ1) is 9.41. The maximum Gasteiger partial charge on any atom is 0.224 e. The Labute approximate surface area is 126 Å². The number of anilines is 1. The van der Waals surface area contributed by atoms with E-state index in [1.165, 1.54) is 25.7 Å². The zero-order valence-corrected chi connectivity index (χ0v) is 13.7. The van der Waals surface area contributed by atoms with Gasteiger partial charge in [-0.2, -0.15) is 0 Å². The number of rotatable bonds is 4. The molecule has 0 saturated heterocycles. The van der Waals surface area contributed by atoms with Gasteiger partial charge in [0.15, 0.2) is 0 Å². The van der Waals surface area contributed by atoms with Gasteiger partial charge < -0.3 is 10.2 Å². The smallest absolute Gasteiger partial charge is 0.224 e. The standard InChI is InChI=1S/C15H25ClN4/c1-11-6-5-7-15(9-11,20(3)4)10-17-13-8-12(2)18-14(16)19-13/h8,11H,5-7,9-10H2,1-4H3,(H,17,18,19). The lowest BCUT2D eigenvalue weighted by Crippen LogP contribution is -2.52. The van der Waals surface area contributed by atoms with Gasteiger partial charge in [-0.1, -0.05) is 19.8 Å². The Balaban J connectivity index is 2.09. The molecule has 1 heterocycles. The highest BCUT2D eigenvalue weighted by atomic mass is 35.5. The van der Waals surface area contributed by atoms with Crippen LogP contribution in [0.3, 0.4) is 0 Å². The fraction of sp³-hybridized carbons (Fsp3) is 0.733. The number of aryl methyl sites for hydroxylation is 1. The van der Waals surface area contributed by atoms with E-state index in [1.807, 2.05) is 13.0 Å². The largest absolute Gasteiger partial charge is 0.368 e. The third-order valence-electron chi connectivity index (χ3n) is 4.44. The maximum atomic E-state index is 5.92. The Bertz CT molecular complexity index is 443. The van der Waals surface area contributed by atoms with Crippen LogP contribution in [0.5, 0.6) is 0 Å². The molecular weight excluding hydrogens is 272 g/mol. The quantitative estimate of drug-likeness (QED) is 0.865. The van der Waals surface area contributed by atoms with Gasteiger partial charge in [0.2, 0.25) is 5.28 Å². The predicted octanol–water partition coefficient (Wildman–Crippen LogP) is 3.36. The number of nitrogens with one attached hydrogen (secondary N) is 1. The van der Waals surface area contributed by atoms with Gasteiger partial charge in [0.1, 0.15) is 5.82 Å². The van der Waals surface area contributed by atoms with Crippen molar-refractivity contribution < 1.29 is 0 Å². The molecule has 2 atom stereocenters. The van der Waals surface area contributed by atoms with Gasteiger partial charge in [-0.15, -0.1) is 0 Å². The van der Waals surface area contributed by atoms with E-state index in [2.05, 4.69) is 41.2 Å². The Kier molecular flexibility index (Phi) is 4.86. The van der Waals surface area contributed by atoms with Crippen molar-refractivity contribution in [3.63, 3.8) is 0 Å². The number of hydrogen-bond donors (Lipinski definition) is 1. The Morgan fingerprint density at radius 2 is 2.20 bits per heavy atom. The molecule has 1 N–H and O–H groups in total. The fourth-order valence-electron chi connectivity index (χ4n) is 3.24. The minimum Gasteiger partial charge on any atom is -0.368 e. The summed E-state index contributed by atoms with van der Waals surface area (Å²) in [5.41, 5.74) is 1.10. The molecule has 0 aromatic carbocycles. The van der Waals surface area contributed by atoms with Gasteiger partial charge in [0.05, 0.1) is 0 Å². The van der Waals surface area contributed by atoms with Crippen molar-refractivity contribution in [3.8, 4) is 0 Å². The van der Waals surface area contributed by atoms with Crippen molar-refractivity contribution in [2.75, 3.05) is 26.0 Å². The summed E-state index contributed by atoms with van der Waals surface area (Å²) in [6.07, 6.45) is 5.10. The second-order valence-electron chi connectivity index (χ2n) is 6.34. The fourth-order valence-corrected chi connectivity index (χ4v) is 3.46. The predicted molar refractivity (Wildman–Crippen MR) is 84.3 cm³/mol. The van der Waals surface area contributed by atoms with Crippen LogP contribution >= 0.6 is 11.6 Å². The lowest BCUT2D eigenvalue weighted by molar-refractivity contribution is 0.0881. The van der Waals surface area contributed by atoms with Crippen LogP contribution in [0.25, 0.3) is 0 Å². The van der Waals surface area contributed by atoms with Crippen LogP contribution in [-0.4, -0.2) is 41.0 Å². The maximum absolute atomic E-state index is 5.92. The first kappa shape index (κ1) is 15.5. The van der Waals surface area contributed by atoms with Crippen molar-refractivity contribution >= 4 is 17.4 Å². The zero-order valence-electron chi connectivity index (χ0n) is 12.9. The van der Waals surface area contributed by atoms with E-state index >= 15 is 0 Å². The molecule has 1 aliphatic rings. The number of aromatic nitrogens is 2. The molecule has 2 unspecified atom stereocenters. The van der Waals surface area contributed by atoms with Crippen LogP contribution in [0.2, 0.25) is 5.28 Å². The van der Waals surface area contributed by atoms with Crippen LogP contribution in [-0.2, 0) is 0 Å². The molecule has 20 heavy (non-hydrogen) atoms. The van der Waals surface area contributed by atoms with E-state index in [0.717, 1.165) is 24.0 Å². The topological polar surface area (TPSA) is 41.0 Å². The monoisotopic (exact) mass is 296 g/mol. The summed E-state index contributed by atoms with van der Waals surface area (Å²) in [5, 5.41) is 3.77. The van der Waals surface area contributed by atoms with Crippen molar-refractivity contribution in [2.24, 2.45) is 5.92 Å². The highest BCUT2D eigenvalue weighted by molar-refractivity contribution is 6.28. The number of halogens is 1. The van der Waals surface area contributed by atoms with Crippen LogP contribution in [0, 0.1) is 12.8 Å². The zero-order chi connectivity index (χ0) is 14.8. The van der Waals surface area contributed by atoms with E-state index in [0.29, 0.717) is 5.28 Å².